The lowest BCUT2D eigenvalue weighted by molar-refractivity contribution is 0.667. The highest BCUT2D eigenvalue weighted by Gasteiger charge is 2.37. The summed E-state index contributed by atoms with van der Waals surface area (Å²) in [6.45, 7) is 0. The Bertz CT molecular complexity index is 3650. The Morgan fingerprint density at radius 1 is 0.492 bits per heavy atom. The van der Waals surface area contributed by atoms with Crippen molar-refractivity contribution in [3.05, 3.63) is 200 Å². The number of thiophene rings is 1. The molecule has 0 amide bonds. The van der Waals surface area contributed by atoms with Crippen LogP contribution in [0.2, 0.25) is 0 Å². The van der Waals surface area contributed by atoms with E-state index in [0.29, 0.717) is 28.9 Å². The molecule has 296 valence electrons. The van der Waals surface area contributed by atoms with Crippen LogP contribution < -0.4 is 4.90 Å². The standard InChI is InChI=1S/C55H34N6OS/c1-4-15-33(16-5-1)48-50-49(41-22-11-13-26-46(41)62-50)57-55(56-48)42-24-14-23-40-43-31-35(28-30-47(43)63-51(40)42)53-58-52(34-17-6-2-7-18-34)59-54(60-53)36-27-29-39-38-21-10-12-25-44(38)61(45(39)32-36)37-19-8-3-9-20-37/h1-32,38,44H. The van der Waals surface area contributed by atoms with Crippen LogP contribution in [0.1, 0.15) is 11.5 Å². The quantitative estimate of drug-likeness (QED) is 0.165. The lowest BCUT2D eigenvalue weighted by atomic mass is 9.91. The first kappa shape index (κ1) is 35.7. The highest BCUT2D eigenvalue weighted by molar-refractivity contribution is 7.26. The molecule has 4 aromatic heterocycles. The molecule has 2 aliphatic rings. The predicted molar refractivity (Wildman–Crippen MR) is 256 cm³/mol. The van der Waals surface area contributed by atoms with Gasteiger partial charge < -0.3 is 9.32 Å². The number of benzene rings is 7. The van der Waals surface area contributed by atoms with Crippen molar-refractivity contribution in [1.82, 2.24) is 24.9 Å². The molecule has 1 aliphatic carbocycles. The van der Waals surface area contributed by atoms with Gasteiger partial charge in [-0.15, -0.1) is 11.3 Å². The summed E-state index contributed by atoms with van der Waals surface area (Å²) in [6, 6.07) is 58.9. The lowest BCUT2D eigenvalue weighted by Gasteiger charge is -2.28. The molecule has 0 fully saturated rings. The second-order valence-electron chi connectivity index (χ2n) is 16.0. The highest BCUT2D eigenvalue weighted by atomic mass is 32.1. The van der Waals surface area contributed by atoms with Crippen molar-refractivity contribution in [3.63, 3.8) is 0 Å². The number of allylic oxidation sites excluding steroid dienone is 2. The molecule has 5 heterocycles. The van der Waals surface area contributed by atoms with Crippen LogP contribution in [0.25, 0.3) is 99.1 Å². The van der Waals surface area contributed by atoms with E-state index in [0.717, 1.165) is 81.5 Å². The van der Waals surface area contributed by atoms with Crippen LogP contribution in [0.4, 0.5) is 11.4 Å². The first-order valence-corrected chi connectivity index (χ1v) is 21.9. The summed E-state index contributed by atoms with van der Waals surface area (Å²) < 4.78 is 8.68. The van der Waals surface area contributed by atoms with Crippen LogP contribution in [0, 0.1) is 0 Å². The molecule has 0 bridgehead atoms. The van der Waals surface area contributed by atoms with Crippen LogP contribution in [0.3, 0.4) is 0 Å². The minimum atomic E-state index is 0.190. The van der Waals surface area contributed by atoms with Gasteiger partial charge in [-0.25, -0.2) is 24.9 Å². The molecule has 0 spiro atoms. The largest absolute Gasteiger partial charge is 0.452 e. The van der Waals surface area contributed by atoms with Gasteiger partial charge in [-0.05, 0) is 60.2 Å². The van der Waals surface area contributed by atoms with Crippen molar-refractivity contribution in [2.24, 2.45) is 0 Å². The average Bonchev–Trinajstić information content (AvgIpc) is 4.03. The van der Waals surface area contributed by atoms with E-state index >= 15 is 0 Å². The Labute approximate surface area is 366 Å². The molecule has 2 atom stereocenters. The van der Waals surface area contributed by atoms with Crippen LogP contribution in [-0.4, -0.2) is 31.0 Å². The second kappa shape index (κ2) is 14.3. The van der Waals surface area contributed by atoms with Gasteiger partial charge in [0, 0.05) is 70.7 Å². The zero-order valence-corrected chi connectivity index (χ0v) is 34.4. The Hall–Kier alpha value is -8.07. The summed E-state index contributed by atoms with van der Waals surface area (Å²) in [6.07, 6.45) is 8.92. The van der Waals surface area contributed by atoms with Gasteiger partial charge in [0.2, 0.25) is 0 Å². The van der Waals surface area contributed by atoms with Gasteiger partial charge in [0.25, 0.3) is 0 Å². The number of aromatic nitrogens is 5. The summed E-state index contributed by atoms with van der Waals surface area (Å²) >= 11 is 1.75. The van der Waals surface area contributed by atoms with E-state index in [1.54, 1.807) is 11.3 Å². The van der Waals surface area contributed by atoms with E-state index in [4.69, 9.17) is 29.3 Å². The third-order valence-electron chi connectivity index (χ3n) is 12.3. The molecule has 0 saturated carbocycles. The lowest BCUT2D eigenvalue weighted by Crippen LogP contribution is -2.28. The van der Waals surface area contributed by atoms with E-state index in [-0.39, 0.29) is 12.0 Å². The van der Waals surface area contributed by atoms with E-state index in [2.05, 4.69) is 144 Å². The number of anilines is 2. The van der Waals surface area contributed by atoms with Crippen molar-refractivity contribution in [2.45, 2.75) is 12.0 Å². The fourth-order valence-electron chi connectivity index (χ4n) is 9.33. The fourth-order valence-corrected chi connectivity index (χ4v) is 10.5. The molecule has 7 aromatic carbocycles. The maximum absolute atomic E-state index is 6.41. The first-order chi connectivity index (χ1) is 31.2. The summed E-state index contributed by atoms with van der Waals surface area (Å²) in [5.41, 5.74) is 11.4. The number of nitrogens with zero attached hydrogens (tertiary/aromatic N) is 6. The number of furan rings is 1. The summed E-state index contributed by atoms with van der Waals surface area (Å²) in [5, 5.41) is 3.21. The van der Waals surface area contributed by atoms with Crippen LogP contribution in [0.5, 0.6) is 0 Å². The zero-order chi connectivity index (χ0) is 41.4. The minimum absolute atomic E-state index is 0.190. The summed E-state index contributed by atoms with van der Waals surface area (Å²) in [4.78, 5) is 28.4. The SMILES string of the molecule is C1=CC2c3ccc(-c4nc(-c5ccccc5)nc(-c5ccc6sc7c(-c8nc(-c9ccccc9)c9oc%10ccccc%10c9n8)cccc7c6c5)n4)cc3N(c3ccccc3)C2C=C1. The summed E-state index contributed by atoms with van der Waals surface area (Å²) in [5.74, 6) is 2.78. The minimum Gasteiger partial charge on any atom is -0.452 e. The molecule has 0 N–H and O–H groups in total. The number of rotatable bonds is 6. The van der Waals surface area contributed by atoms with E-state index in [1.807, 2.05) is 54.6 Å². The first-order valence-electron chi connectivity index (χ1n) is 21.1. The van der Waals surface area contributed by atoms with Crippen LogP contribution in [-0.2, 0) is 0 Å². The molecule has 0 radical (unpaired) electrons. The van der Waals surface area contributed by atoms with Gasteiger partial charge >= 0.3 is 0 Å². The maximum Gasteiger partial charge on any atom is 0.180 e. The van der Waals surface area contributed by atoms with Crippen LogP contribution >= 0.6 is 11.3 Å². The molecular weight excluding hydrogens is 793 g/mol. The van der Waals surface area contributed by atoms with Crippen molar-refractivity contribution < 1.29 is 4.42 Å². The molecule has 2 unspecified atom stereocenters. The van der Waals surface area contributed by atoms with E-state index < -0.39 is 0 Å². The third-order valence-corrected chi connectivity index (χ3v) is 13.5. The molecule has 11 aromatic rings. The summed E-state index contributed by atoms with van der Waals surface area (Å²) in [7, 11) is 0. The monoisotopic (exact) mass is 826 g/mol. The van der Waals surface area contributed by atoms with Crippen LogP contribution in [0.15, 0.2) is 199 Å². The van der Waals surface area contributed by atoms with Crippen molar-refractivity contribution in [3.8, 4) is 56.8 Å². The Kier molecular flexibility index (Phi) is 8.07. The van der Waals surface area contributed by atoms with Gasteiger partial charge in [0.05, 0.1) is 6.04 Å². The highest BCUT2D eigenvalue weighted by Crippen LogP contribution is 2.49. The Balaban J connectivity index is 0.957. The van der Waals surface area contributed by atoms with Crippen molar-refractivity contribution >= 4 is 65.0 Å². The van der Waals surface area contributed by atoms with Gasteiger partial charge in [0.15, 0.2) is 28.9 Å². The van der Waals surface area contributed by atoms with E-state index in [1.165, 1.54) is 5.56 Å². The molecule has 63 heavy (non-hydrogen) atoms. The van der Waals surface area contributed by atoms with Gasteiger partial charge in [-0.1, -0.05) is 140 Å². The average molecular weight is 827 g/mol. The number of fused-ring (bicyclic) bond motifs is 9. The number of hydrogen-bond donors (Lipinski definition) is 0. The van der Waals surface area contributed by atoms with E-state index in [9.17, 15) is 0 Å². The number of para-hydroxylation sites is 2. The molecular formula is C55H34N6OS. The Morgan fingerprint density at radius 2 is 1.16 bits per heavy atom. The van der Waals surface area contributed by atoms with Gasteiger partial charge in [0.1, 0.15) is 16.8 Å². The molecule has 8 heteroatoms. The molecule has 1 aliphatic heterocycles. The van der Waals surface area contributed by atoms with Crippen molar-refractivity contribution in [1.29, 1.82) is 0 Å². The second-order valence-corrected chi connectivity index (χ2v) is 17.0. The molecule has 7 nitrogen and oxygen atoms in total. The molecule has 13 rings (SSSR count). The smallest absolute Gasteiger partial charge is 0.180 e. The predicted octanol–water partition coefficient (Wildman–Crippen LogP) is 14.0. The Morgan fingerprint density at radius 3 is 1.97 bits per heavy atom. The third kappa shape index (κ3) is 5.83. The maximum atomic E-state index is 6.41. The number of hydrogen-bond acceptors (Lipinski definition) is 8. The zero-order valence-electron chi connectivity index (χ0n) is 33.6. The molecule has 0 saturated heterocycles. The normalized spacial score (nSPS) is 15.5. The fraction of sp³-hybridized carbons (Fsp3) is 0.0364. The topological polar surface area (TPSA) is 80.8 Å². The van der Waals surface area contributed by atoms with Crippen molar-refractivity contribution in [2.75, 3.05) is 4.90 Å². The van der Waals surface area contributed by atoms with Gasteiger partial charge in [-0.3, -0.25) is 0 Å². The van der Waals surface area contributed by atoms with Gasteiger partial charge in [-0.2, -0.15) is 0 Å².